The number of hydrogen-bond acceptors (Lipinski definition) is 5. The molecular weight excluding hydrogens is 358 g/mol. The van der Waals surface area contributed by atoms with Gasteiger partial charge >= 0.3 is 0 Å². The number of nitrogens with two attached hydrogens (primary N) is 1. The van der Waals surface area contributed by atoms with E-state index in [-0.39, 0.29) is 5.91 Å². The van der Waals surface area contributed by atoms with Gasteiger partial charge in [0.1, 0.15) is 15.5 Å². The zero-order valence-electron chi connectivity index (χ0n) is 13.9. The molecule has 0 spiro atoms. The zero-order chi connectivity index (χ0) is 18.0. The van der Waals surface area contributed by atoms with Crippen molar-refractivity contribution in [1.29, 1.82) is 0 Å². The Balaban J connectivity index is 1.93. The van der Waals surface area contributed by atoms with Crippen molar-refractivity contribution in [1.82, 2.24) is 4.98 Å². The number of nitrogens with one attached hydrogen (secondary N) is 1. The molecule has 0 saturated heterocycles. The fourth-order valence-electron chi connectivity index (χ4n) is 2.55. The Labute approximate surface area is 154 Å². The molecule has 0 bridgehead atoms. The number of methoxy groups -OCH3 is 1. The van der Waals surface area contributed by atoms with E-state index in [1.165, 1.54) is 18.4 Å². The van der Waals surface area contributed by atoms with Crippen LogP contribution in [-0.4, -0.2) is 18.0 Å². The maximum Gasteiger partial charge on any atom is 0.268 e. The van der Waals surface area contributed by atoms with Gasteiger partial charge in [-0.3, -0.25) is 4.79 Å². The fourth-order valence-corrected chi connectivity index (χ4v) is 3.72. The molecule has 130 valence electrons. The summed E-state index contributed by atoms with van der Waals surface area (Å²) < 4.78 is 5.26. The van der Waals surface area contributed by atoms with Gasteiger partial charge in [0.25, 0.3) is 5.91 Å². The monoisotopic (exact) mass is 375 g/mol. The Bertz CT molecular complexity index is 939. The van der Waals surface area contributed by atoms with Gasteiger partial charge in [-0.15, -0.1) is 11.3 Å². The third-order valence-corrected chi connectivity index (χ3v) is 5.12. The van der Waals surface area contributed by atoms with Crippen LogP contribution in [0.2, 0.25) is 5.02 Å². The topological polar surface area (TPSA) is 77.2 Å². The van der Waals surface area contributed by atoms with Gasteiger partial charge in [-0.2, -0.15) is 0 Å². The molecule has 3 N–H and O–H groups in total. The van der Waals surface area contributed by atoms with Crippen LogP contribution in [0.15, 0.2) is 30.3 Å². The van der Waals surface area contributed by atoms with E-state index in [9.17, 15) is 4.79 Å². The number of anilines is 2. The number of fused-ring (bicyclic) bond motifs is 1. The first-order valence-corrected chi connectivity index (χ1v) is 9.05. The molecule has 0 atom stereocenters. The van der Waals surface area contributed by atoms with Gasteiger partial charge in [0.05, 0.1) is 18.5 Å². The molecule has 3 rings (SSSR count). The van der Waals surface area contributed by atoms with Gasteiger partial charge < -0.3 is 15.8 Å². The Hall–Kier alpha value is -2.31. The predicted octanol–water partition coefficient (Wildman–Crippen LogP) is 4.75. The normalized spacial score (nSPS) is 10.8. The van der Waals surface area contributed by atoms with Crippen LogP contribution in [-0.2, 0) is 6.42 Å². The average molecular weight is 376 g/mol. The lowest BCUT2D eigenvalue weighted by Crippen LogP contribution is -2.12. The number of ether oxygens (including phenoxy) is 1. The van der Waals surface area contributed by atoms with E-state index in [2.05, 4.69) is 17.2 Å². The number of halogens is 1. The van der Waals surface area contributed by atoms with Crippen molar-refractivity contribution in [2.45, 2.75) is 19.8 Å². The highest BCUT2D eigenvalue weighted by atomic mass is 35.5. The molecule has 0 aliphatic rings. The van der Waals surface area contributed by atoms with Crippen LogP contribution in [0.5, 0.6) is 5.75 Å². The van der Waals surface area contributed by atoms with Crippen LogP contribution in [0.25, 0.3) is 10.2 Å². The smallest absolute Gasteiger partial charge is 0.268 e. The molecule has 1 amide bonds. The maximum atomic E-state index is 12.7. The van der Waals surface area contributed by atoms with E-state index in [4.69, 9.17) is 22.1 Å². The van der Waals surface area contributed by atoms with Crippen LogP contribution >= 0.6 is 22.9 Å². The molecule has 0 saturated carbocycles. The minimum Gasteiger partial charge on any atom is -0.495 e. The van der Waals surface area contributed by atoms with E-state index >= 15 is 0 Å². The van der Waals surface area contributed by atoms with Gasteiger partial charge in [0, 0.05) is 22.2 Å². The second-order valence-electron chi connectivity index (χ2n) is 5.55. The number of rotatable bonds is 5. The summed E-state index contributed by atoms with van der Waals surface area (Å²) in [7, 11) is 1.52. The van der Waals surface area contributed by atoms with Crippen LogP contribution < -0.4 is 15.8 Å². The summed E-state index contributed by atoms with van der Waals surface area (Å²) in [5.41, 5.74) is 8.15. The second kappa shape index (κ2) is 7.29. The first-order chi connectivity index (χ1) is 12.0. The highest BCUT2D eigenvalue weighted by Crippen LogP contribution is 2.34. The molecule has 25 heavy (non-hydrogen) atoms. The summed E-state index contributed by atoms with van der Waals surface area (Å²) in [6, 6.07) is 8.91. The number of nitrogens with zero attached hydrogens (tertiary/aromatic N) is 1. The van der Waals surface area contributed by atoms with Crippen molar-refractivity contribution < 1.29 is 9.53 Å². The Morgan fingerprint density at radius 1 is 1.36 bits per heavy atom. The Kier molecular flexibility index (Phi) is 5.11. The average Bonchev–Trinajstić information content (AvgIpc) is 2.93. The van der Waals surface area contributed by atoms with Gasteiger partial charge in [-0.25, -0.2) is 4.98 Å². The maximum absolute atomic E-state index is 12.7. The van der Waals surface area contributed by atoms with Crippen molar-refractivity contribution in [2.24, 2.45) is 0 Å². The van der Waals surface area contributed by atoms with Gasteiger partial charge in [-0.1, -0.05) is 24.9 Å². The summed E-state index contributed by atoms with van der Waals surface area (Å²) in [5.74, 6) is 0.196. The van der Waals surface area contributed by atoms with Crippen LogP contribution in [0.4, 0.5) is 11.4 Å². The number of carbonyl (C=O) groups excluding carboxylic acids is 1. The van der Waals surface area contributed by atoms with Crippen molar-refractivity contribution in [2.75, 3.05) is 18.2 Å². The molecule has 5 nitrogen and oxygen atoms in total. The largest absolute Gasteiger partial charge is 0.495 e. The van der Waals surface area contributed by atoms with Crippen LogP contribution in [0.1, 0.15) is 28.7 Å². The molecule has 2 heterocycles. The molecule has 7 heteroatoms. The van der Waals surface area contributed by atoms with Gasteiger partial charge in [0.2, 0.25) is 0 Å². The number of aromatic nitrogens is 1. The van der Waals surface area contributed by atoms with E-state index in [0.29, 0.717) is 27.0 Å². The van der Waals surface area contributed by atoms with Crippen LogP contribution in [0, 0.1) is 0 Å². The number of nitrogen functional groups attached to an aromatic ring is 1. The summed E-state index contributed by atoms with van der Waals surface area (Å²) in [5, 5.41) is 4.16. The molecule has 0 fully saturated rings. The molecule has 0 aliphatic heterocycles. The van der Waals surface area contributed by atoms with E-state index in [1.807, 2.05) is 12.1 Å². The predicted molar refractivity (Wildman–Crippen MR) is 104 cm³/mol. The van der Waals surface area contributed by atoms with Crippen molar-refractivity contribution in [3.63, 3.8) is 0 Å². The first kappa shape index (κ1) is 17.5. The number of thiophene rings is 1. The van der Waals surface area contributed by atoms with E-state index in [1.54, 1.807) is 18.2 Å². The Morgan fingerprint density at radius 3 is 2.88 bits per heavy atom. The summed E-state index contributed by atoms with van der Waals surface area (Å²) in [4.78, 5) is 18.5. The number of benzene rings is 1. The summed E-state index contributed by atoms with van der Waals surface area (Å²) >= 11 is 7.24. The molecule has 2 aromatic heterocycles. The Morgan fingerprint density at radius 2 is 2.16 bits per heavy atom. The molecule has 3 aromatic rings. The molecule has 1 aromatic carbocycles. The summed E-state index contributed by atoms with van der Waals surface area (Å²) in [6.07, 6.45) is 1.92. The lowest BCUT2D eigenvalue weighted by atomic mass is 10.2. The first-order valence-electron chi connectivity index (χ1n) is 7.86. The van der Waals surface area contributed by atoms with Crippen molar-refractivity contribution in [3.8, 4) is 5.75 Å². The minimum absolute atomic E-state index is 0.293. The molecule has 0 aliphatic carbocycles. The number of pyridine rings is 1. The van der Waals surface area contributed by atoms with Crippen LogP contribution in [0.3, 0.4) is 0 Å². The second-order valence-corrected chi connectivity index (χ2v) is 6.98. The summed E-state index contributed by atoms with van der Waals surface area (Å²) in [6.45, 7) is 2.10. The molecule has 0 unspecified atom stereocenters. The number of amides is 1. The fraction of sp³-hybridized carbons (Fsp3) is 0.222. The highest BCUT2D eigenvalue weighted by molar-refractivity contribution is 7.21. The van der Waals surface area contributed by atoms with Crippen molar-refractivity contribution >= 4 is 50.4 Å². The van der Waals surface area contributed by atoms with E-state index in [0.717, 1.165) is 28.8 Å². The van der Waals surface area contributed by atoms with Gasteiger partial charge in [0.15, 0.2) is 0 Å². The number of carbonyl (C=O) groups is 1. The zero-order valence-corrected chi connectivity index (χ0v) is 15.5. The number of hydrogen-bond donors (Lipinski definition) is 2. The highest BCUT2D eigenvalue weighted by Gasteiger charge is 2.19. The molecule has 0 radical (unpaired) electrons. The number of aryl methyl sites for hydroxylation is 1. The SMILES string of the molecule is CCCc1ccc2c(N)c(C(=O)Nc3ccc(Cl)cc3OC)sc2n1. The third kappa shape index (κ3) is 3.55. The quantitative estimate of drug-likeness (QED) is 0.674. The molecular formula is C18H18ClN3O2S. The third-order valence-electron chi connectivity index (χ3n) is 3.78. The van der Waals surface area contributed by atoms with E-state index < -0.39 is 0 Å². The van der Waals surface area contributed by atoms with Crippen molar-refractivity contribution in [3.05, 3.63) is 45.9 Å². The lowest BCUT2D eigenvalue weighted by molar-refractivity contribution is 0.103. The standard InChI is InChI=1S/C18H18ClN3O2S/c1-3-4-11-6-7-12-15(20)16(25-18(12)21-11)17(23)22-13-8-5-10(19)9-14(13)24-2/h5-9H,3-4,20H2,1-2H3,(H,22,23). The van der Waals surface area contributed by atoms with Gasteiger partial charge in [-0.05, 0) is 30.7 Å². The minimum atomic E-state index is -0.293. The lowest BCUT2D eigenvalue weighted by Gasteiger charge is -2.10.